The van der Waals surface area contributed by atoms with Gasteiger partial charge in [-0.25, -0.2) is 4.68 Å². The Labute approximate surface area is 99.9 Å². The van der Waals surface area contributed by atoms with E-state index >= 15 is 0 Å². The molecule has 1 aromatic heterocycles. The molecule has 1 aliphatic rings. The van der Waals surface area contributed by atoms with Crippen molar-refractivity contribution in [1.29, 1.82) is 0 Å². The number of rotatable bonds is 3. The van der Waals surface area contributed by atoms with Gasteiger partial charge in [0, 0.05) is 7.05 Å². The van der Waals surface area contributed by atoms with Crippen LogP contribution >= 0.6 is 0 Å². The first-order valence-corrected chi connectivity index (χ1v) is 5.21. The van der Waals surface area contributed by atoms with E-state index in [1.54, 1.807) is 0 Å². The average Bonchev–Trinajstić information content (AvgIpc) is 2.90. The maximum Gasteiger partial charge on any atom is 0.411 e. The summed E-state index contributed by atoms with van der Waals surface area (Å²) in [5, 5.41) is 16.9. The topological polar surface area (TPSA) is 73.0 Å². The summed E-state index contributed by atoms with van der Waals surface area (Å²) < 4.78 is 39.4. The van der Waals surface area contributed by atoms with E-state index in [4.69, 9.17) is 0 Å². The Bertz CT molecular complexity index is 505. The van der Waals surface area contributed by atoms with Gasteiger partial charge in [0.1, 0.15) is 11.2 Å². The van der Waals surface area contributed by atoms with Gasteiger partial charge in [0.2, 0.25) is 5.82 Å². The van der Waals surface area contributed by atoms with E-state index in [1.807, 2.05) is 0 Å². The maximum absolute atomic E-state index is 12.8. The molecule has 1 aliphatic carbocycles. The average molecular weight is 264 g/mol. The molecule has 0 amide bonds. The van der Waals surface area contributed by atoms with Gasteiger partial charge in [-0.3, -0.25) is 10.1 Å². The first kappa shape index (κ1) is 12.7. The third-order valence-electron chi connectivity index (χ3n) is 3.02. The first-order valence-electron chi connectivity index (χ1n) is 5.21. The summed E-state index contributed by atoms with van der Waals surface area (Å²) in [6.45, 7) is 1.39. The summed E-state index contributed by atoms with van der Waals surface area (Å²) in [5.41, 5.74) is -2.37. The fraction of sp³-hybridized carbons (Fsp3) is 0.667. The van der Waals surface area contributed by atoms with Crippen LogP contribution in [0.4, 0.5) is 24.7 Å². The highest BCUT2D eigenvalue weighted by Crippen LogP contribution is 2.52. The molecule has 0 atom stereocenters. The number of alkyl halides is 3. The Hall–Kier alpha value is -1.80. The zero-order valence-electron chi connectivity index (χ0n) is 9.71. The molecule has 100 valence electrons. The van der Waals surface area contributed by atoms with Gasteiger partial charge in [-0.1, -0.05) is 0 Å². The minimum absolute atomic E-state index is 0.0854. The number of anilines is 1. The summed E-state index contributed by atoms with van der Waals surface area (Å²) in [4.78, 5) is 10.1. The molecule has 6 nitrogen and oxygen atoms in total. The number of aromatic nitrogens is 2. The molecule has 18 heavy (non-hydrogen) atoms. The van der Waals surface area contributed by atoms with E-state index in [0.29, 0.717) is 0 Å². The van der Waals surface area contributed by atoms with Crippen LogP contribution in [0.15, 0.2) is 0 Å². The molecule has 0 unspecified atom stereocenters. The van der Waals surface area contributed by atoms with Crippen LogP contribution in [0, 0.1) is 17.0 Å². The van der Waals surface area contributed by atoms with Crippen molar-refractivity contribution in [3.8, 4) is 0 Å². The molecule has 0 radical (unpaired) electrons. The predicted molar refractivity (Wildman–Crippen MR) is 56.2 cm³/mol. The minimum Gasteiger partial charge on any atom is -0.351 e. The first-order chi connectivity index (χ1) is 8.18. The van der Waals surface area contributed by atoms with Gasteiger partial charge >= 0.3 is 11.9 Å². The third kappa shape index (κ3) is 1.79. The van der Waals surface area contributed by atoms with Gasteiger partial charge in [-0.15, -0.1) is 0 Å². The van der Waals surface area contributed by atoms with Crippen molar-refractivity contribution in [2.24, 2.45) is 7.05 Å². The van der Waals surface area contributed by atoms with Gasteiger partial charge in [0.25, 0.3) is 0 Å². The van der Waals surface area contributed by atoms with E-state index in [2.05, 4.69) is 10.4 Å². The van der Waals surface area contributed by atoms with Crippen molar-refractivity contribution in [3.63, 3.8) is 0 Å². The second-order valence-corrected chi connectivity index (χ2v) is 4.37. The molecule has 1 fully saturated rings. The molecule has 0 aliphatic heterocycles. The van der Waals surface area contributed by atoms with E-state index in [-0.39, 0.29) is 24.4 Å². The summed E-state index contributed by atoms with van der Waals surface area (Å²) in [7, 11) is 1.37. The standard InChI is InChI=1S/C9H11F3N4O2/c1-5-6(16(17)18)7(15(2)14-5)13-8(3-4-8)9(10,11)12/h13H,3-4H2,1-2H3. The van der Waals surface area contributed by atoms with Crippen LogP contribution in [0.25, 0.3) is 0 Å². The lowest BCUT2D eigenvalue weighted by molar-refractivity contribution is -0.384. The van der Waals surface area contributed by atoms with Gasteiger partial charge < -0.3 is 5.32 Å². The van der Waals surface area contributed by atoms with Crippen LogP contribution in [0.5, 0.6) is 0 Å². The number of halogens is 3. The van der Waals surface area contributed by atoms with Gasteiger partial charge in [-0.05, 0) is 19.8 Å². The monoisotopic (exact) mass is 264 g/mol. The molecular weight excluding hydrogens is 253 g/mol. The van der Waals surface area contributed by atoms with Crippen molar-refractivity contribution in [3.05, 3.63) is 15.8 Å². The molecule has 1 N–H and O–H groups in total. The highest BCUT2D eigenvalue weighted by Gasteiger charge is 2.64. The Kier molecular flexibility index (Phi) is 2.53. The molecule has 0 bridgehead atoms. The van der Waals surface area contributed by atoms with Crippen molar-refractivity contribution >= 4 is 11.5 Å². The second-order valence-electron chi connectivity index (χ2n) is 4.37. The van der Waals surface area contributed by atoms with Crippen molar-refractivity contribution in [1.82, 2.24) is 9.78 Å². The molecule has 0 aromatic carbocycles. The highest BCUT2D eigenvalue weighted by molar-refractivity contribution is 5.61. The fourth-order valence-electron chi connectivity index (χ4n) is 1.84. The molecule has 1 heterocycles. The number of nitrogens with zero attached hydrogens (tertiary/aromatic N) is 3. The fourth-order valence-corrected chi connectivity index (χ4v) is 1.84. The zero-order valence-corrected chi connectivity index (χ0v) is 9.71. The molecular formula is C9H11F3N4O2. The summed E-state index contributed by atoms with van der Waals surface area (Å²) in [5.74, 6) is -0.202. The summed E-state index contributed by atoms with van der Waals surface area (Å²) in [6.07, 6.45) is -4.60. The molecule has 1 aromatic rings. The summed E-state index contributed by atoms with van der Waals surface area (Å²) in [6, 6.07) is 0. The number of hydrogen-bond acceptors (Lipinski definition) is 4. The SMILES string of the molecule is Cc1nn(C)c(NC2(C(F)(F)F)CC2)c1[N+](=O)[O-]. The van der Waals surface area contributed by atoms with Crippen molar-refractivity contribution in [2.75, 3.05) is 5.32 Å². The molecule has 0 saturated heterocycles. The summed E-state index contributed by atoms with van der Waals surface area (Å²) >= 11 is 0. The van der Waals surface area contributed by atoms with Crippen LogP contribution in [0.3, 0.4) is 0 Å². The van der Waals surface area contributed by atoms with Gasteiger partial charge in [0.05, 0.1) is 4.92 Å². The lowest BCUT2D eigenvalue weighted by atomic mass is 10.2. The molecule has 2 rings (SSSR count). The predicted octanol–water partition coefficient (Wildman–Crippen LogP) is 2.14. The van der Waals surface area contributed by atoms with Crippen molar-refractivity contribution < 1.29 is 18.1 Å². The van der Waals surface area contributed by atoms with E-state index in [1.165, 1.54) is 14.0 Å². The quantitative estimate of drug-likeness (QED) is 0.670. The maximum atomic E-state index is 12.8. The largest absolute Gasteiger partial charge is 0.411 e. The zero-order chi connectivity index (χ0) is 13.7. The van der Waals surface area contributed by atoms with Crippen LogP contribution in [0.2, 0.25) is 0 Å². The van der Waals surface area contributed by atoms with E-state index in [9.17, 15) is 23.3 Å². The lowest BCUT2D eigenvalue weighted by Gasteiger charge is -2.21. The highest BCUT2D eigenvalue weighted by atomic mass is 19.4. The lowest BCUT2D eigenvalue weighted by Crippen LogP contribution is -2.39. The van der Waals surface area contributed by atoms with Crippen LogP contribution in [-0.2, 0) is 7.05 Å². The van der Waals surface area contributed by atoms with Crippen molar-refractivity contribution in [2.45, 2.75) is 31.5 Å². The Morgan fingerprint density at radius 2 is 2.06 bits per heavy atom. The third-order valence-corrected chi connectivity index (χ3v) is 3.02. The number of hydrogen-bond donors (Lipinski definition) is 1. The van der Waals surface area contributed by atoms with Crippen LogP contribution < -0.4 is 5.32 Å². The van der Waals surface area contributed by atoms with Gasteiger partial charge in [0.15, 0.2) is 0 Å². The number of nitro groups is 1. The Morgan fingerprint density at radius 1 is 1.50 bits per heavy atom. The van der Waals surface area contributed by atoms with Gasteiger partial charge in [-0.2, -0.15) is 18.3 Å². The number of nitrogens with one attached hydrogen (secondary N) is 1. The minimum atomic E-state index is -4.43. The van der Waals surface area contributed by atoms with E-state index in [0.717, 1.165) is 4.68 Å². The normalized spacial score (nSPS) is 17.6. The number of aryl methyl sites for hydroxylation is 2. The molecule has 0 spiro atoms. The molecule has 1 saturated carbocycles. The van der Waals surface area contributed by atoms with E-state index < -0.39 is 22.3 Å². The smallest absolute Gasteiger partial charge is 0.351 e. The second kappa shape index (κ2) is 3.59. The van der Waals surface area contributed by atoms with Crippen LogP contribution in [-0.4, -0.2) is 26.4 Å². The molecule has 9 heteroatoms. The van der Waals surface area contributed by atoms with Crippen LogP contribution in [0.1, 0.15) is 18.5 Å². The Morgan fingerprint density at radius 3 is 2.44 bits per heavy atom. The Balaban J connectivity index is 2.39.